The Balaban J connectivity index is 2.40. The molecule has 0 amide bonds. The first-order chi connectivity index (χ1) is 12.4. The normalized spacial score (nSPS) is 28.5. The van der Waals surface area contributed by atoms with E-state index in [4.69, 9.17) is 9.84 Å². The number of rotatable bonds is 13. The van der Waals surface area contributed by atoms with Crippen LogP contribution in [0.15, 0.2) is 12.2 Å². The number of carbonyl (C=O) groups is 1. The Morgan fingerprint density at radius 1 is 1.31 bits per heavy atom. The van der Waals surface area contributed by atoms with Gasteiger partial charge in [-0.3, -0.25) is 4.79 Å². The van der Waals surface area contributed by atoms with Crippen LogP contribution in [0.3, 0.4) is 0 Å². The van der Waals surface area contributed by atoms with Gasteiger partial charge in [-0.25, -0.2) is 0 Å². The molecule has 1 fully saturated rings. The fourth-order valence-corrected chi connectivity index (χ4v) is 4.47. The molecule has 0 heterocycles. The average Bonchev–Trinajstić information content (AvgIpc) is 2.85. The average molecular weight is 391 g/mol. The molecule has 0 aliphatic heterocycles. The Kier molecular flexibility index (Phi) is 11.5. The second-order valence-electron chi connectivity index (χ2n) is 7.08. The van der Waals surface area contributed by atoms with Crippen molar-refractivity contribution in [3.05, 3.63) is 12.2 Å². The van der Waals surface area contributed by atoms with Gasteiger partial charge in [0.1, 0.15) is 0 Å². The van der Waals surface area contributed by atoms with Crippen LogP contribution in [0.25, 0.3) is 0 Å². The number of thioether (sulfide) groups is 1. The summed E-state index contributed by atoms with van der Waals surface area (Å²) in [6, 6.07) is 0. The van der Waals surface area contributed by atoms with Gasteiger partial charge in [0.2, 0.25) is 0 Å². The van der Waals surface area contributed by atoms with Gasteiger partial charge in [0.05, 0.1) is 30.8 Å². The summed E-state index contributed by atoms with van der Waals surface area (Å²) in [7, 11) is 0. The Bertz CT molecular complexity index is 430. The van der Waals surface area contributed by atoms with Crippen molar-refractivity contribution in [2.24, 2.45) is 11.8 Å². The molecule has 7 heteroatoms. The number of allylic oxidation sites excluding steroid dienone is 2. The molecule has 0 aromatic rings. The molecule has 0 aromatic heterocycles. The van der Waals surface area contributed by atoms with Crippen molar-refractivity contribution in [1.29, 1.82) is 0 Å². The van der Waals surface area contributed by atoms with E-state index in [2.05, 4.69) is 0 Å². The molecule has 4 N–H and O–H groups in total. The van der Waals surface area contributed by atoms with Gasteiger partial charge in [-0.15, -0.1) is 0 Å². The Hall–Kier alpha value is -0.600. The van der Waals surface area contributed by atoms with Gasteiger partial charge in [-0.1, -0.05) is 26.0 Å². The molecule has 1 aliphatic rings. The van der Waals surface area contributed by atoms with Gasteiger partial charge in [-0.05, 0) is 25.7 Å². The van der Waals surface area contributed by atoms with Crippen LogP contribution in [-0.2, 0) is 9.53 Å². The summed E-state index contributed by atoms with van der Waals surface area (Å²) >= 11 is 1.49. The summed E-state index contributed by atoms with van der Waals surface area (Å²) in [5, 5.41) is 39.1. The molecule has 0 spiro atoms. The molecule has 26 heavy (non-hydrogen) atoms. The van der Waals surface area contributed by atoms with Gasteiger partial charge in [0.15, 0.2) is 0 Å². The number of aliphatic carboxylic acids is 1. The van der Waals surface area contributed by atoms with Crippen LogP contribution < -0.4 is 0 Å². The van der Waals surface area contributed by atoms with Crippen LogP contribution >= 0.6 is 11.8 Å². The maximum Gasteiger partial charge on any atom is 0.306 e. The molecule has 152 valence electrons. The maximum atomic E-state index is 10.8. The summed E-state index contributed by atoms with van der Waals surface area (Å²) in [6.07, 6.45) is 5.38. The van der Waals surface area contributed by atoms with E-state index in [1.54, 1.807) is 6.92 Å². The molecule has 6 atom stereocenters. The summed E-state index contributed by atoms with van der Waals surface area (Å²) in [4.78, 5) is 10.8. The van der Waals surface area contributed by atoms with E-state index in [-0.39, 0.29) is 17.1 Å². The molecular formula is C19H34O6S. The lowest BCUT2D eigenvalue weighted by atomic mass is 10.00. The van der Waals surface area contributed by atoms with Gasteiger partial charge in [-0.2, -0.15) is 11.8 Å². The fourth-order valence-electron chi connectivity index (χ4n) is 3.06. The molecule has 1 rings (SSSR count). The van der Waals surface area contributed by atoms with Gasteiger partial charge in [0, 0.05) is 29.9 Å². The van der Waals surface area contributed by atoms with E-state index in [9.17, 15) is 20.1 Å². The van der Waals surface area contributed by atoms with E-state index in [0.717, 1.165) is 6.42 Å². The second-order valence-corrected chi connectivity index (χ2v) is 8.30. The first-order valence-corrected chi connectivity index (χ1v) is 10.5. The van der Waals surface area contributed by atoms with E-state index in [0.29, 0.717) is 44.6 Å². The minimum absolute atomic E-state index is 0.0630. The standard InChI is InChI=1S/C19H34O6S/c1-3-9-25-11-14(20)12-26-18-15(16(21)10-17(18)22)8-6-4-5-7-13(2)19(23)24/h4,6,13-18,20-22H,3,5,7-12H2,1-2H3,(H,23,24)/t13?,14?,15-,16?,17?,18+/m0/s1. The van der Waals surface area contributed by atoms with E-state index in [1.165, 1.54) is 11.8 Å². The summed E-state index contributed by atoms with van der Waals surface area (Å²) < 4.78 is 5.33. The van der Waals surface area contributed by atoms with Crippen LogP contribution in [0.1, 0.15) is 46.0 Å². The van der Waals surface area contributed by atoms with Crippen LogP contribution in [0.4, 0.5) is 0 Å². The lowest BCUT2D eigenvalue weighted by Crippen LogP contribution is -2.28. The second kappa shape index (κ2) is 12.7. The number of carboxylic acid groups (broad SMARTS) is 1. The zero-order valence-electron chi connectivity index (χ0n) is 15.8. The Morgan fingerprint density at radius 2 is 2.04 bits per heavy atom. The third kappa shape index (κ3) is 8.39. The van der Waals surface area contributed by atoms with Crippen molar-refractivity contribution < 1.29 is 30.0 Å². The third-order valence-corrected chi connectivity index (χ3v) is 6.31. The lowest BCUT2D eigenvalue weighted by molar-refractivity contribution is -0.141. The van der Waals surface area contributed by atoms with E-state index < -0.39 is 24.3 Å². The topological polar surface area (TPSA) is 107 Å². The Labute approximate surface area is 160 Å². The SMILES string of the molecule is CCCOCC(O)CS[C@H]1C(O)CC(O)[C@@H]1CC=CCCC(C)C(=O)O. The molecule has 0 saturated heterocycles. The number of carboxylic acids is 1. The Morgan fingerprint density at radius 3 is 2.69 bits per heavy atom. The predicted octanol–water partition coefficient (Wildman–Crippen LogP) is 2.06. The number of hydrogen-bond acceptors (Lipinski definition) is 6. The van der Waals surface area contributed by atoms with Crippen molar-refractivity contribution in [3.63, 3.8) is 0 Å². The summed E-state index contributed by atoms with van der Waals surface area (Å²) in [5.41, 5.74) is 0. The van der Waals surface area contributed by atoms with Crippen molar-refractivity contribution in [3.8, 4) is 0 Å². The zero-order chi connectivity index (χ0) is 19.5. The molecule has 4 unspecified atom stereocenters. The molecule has 1 aliphatic carbocycles. The van der Waals surface area contributed by atoms with Gasteiger partial charge in [0.25, 0.3) is 0 Å². The smallest absolute Gasteiger partial charge is 0.306 e. The van der Waals surface area contributed by atoms with Crippen LogP contribution in [0, 0.1) is 11.8 Å². The highest BCUT2D eigenvalue weighted by molar-refractivity contribution is 8.00. The number of aliphatic hydroxyl groups excluding tert-OH is 3. The summed E-state index contributed by atoms with van der Waals surface area (Å²) in [6.45, 7) is 4.62. The first-order valence-electron chi connectivity index (χ1n) is 9.48. The highest BCUT2D eigenvalue weighted by atomic mass is 32.2. The maximum absolute atomic E-state index is 10.8. The summed E-state index contributed by atoms with van der Waals surface area (Å²) in [5.74, 6) is -0.745. The molecule has 0 bridgehead atoms. The molecule has 0 aromatic carbocycles. The van der Waals surface area contributed by atoms with Crippen molar-refractivity contribution in [2.45, 2.75) is 69.5 Å². The minimum Gasteiger partial charge on any atom is -0.481 e. The van der Waals surface area contributed by atoms with Crippen molar-refractivity contribution >= 4 is 17.7 Å². The first kappa shape index (κ1) is 23.4. The van der Waals surface area contributed by atoms with Gasteiger partial charge < -0.3 is 25.2 Å². The monoisotopic (exact) mass is 390 g/mol. The number of aliphatic hydroxyl groups is 3. The number of hydrogen-bond donors (Lipinski definition) is 4. The van der Waals surface area contributed by atoms with Crippen molar-refractivity contribution in [1.82, 2.24) is 0 Å². The largest absolute Gasteiger partial charge is 0.481 e. The van der Waals surface area contributed by atoms with Crippen LogP contribution in [0.2, 0.25) is 0 Å². The van der Waals surface area contributed by atoms with E-state index in [1.807, 2.05) is 19.1 Å². The van der Waals surface area contributed by atoms with Crippen LogP contribution in [0.5, 0.6) is 0 Å². The molecule has 1 saturated carbocycles. The highest BCUT2D eigenvalue weighted by Gasteiger charge is 2.41. The molecule has 0 radical (unpaired) electrons. The predicted molar refractivity (Wildman–Crippen MR) is 103 cm³/mol. The fraction of sp³-hybridized carbons (Fsp3) is 0.842. The lowest BCUT2D eigenvalue weighted by Gasteiger charge is -2.23. The highest BCUT2D eigenvalue weighted by Crippen LogP contribution is 2.38. The molecular weight excluding hydrogens is 356 g/mol. The van der Waals surface area contributed by atoms with Crippen LogP contribution in [-0.4, -0.2) is 68.9 Å². The molecule has 6 nitrogen and oxygen atoms in total. The number of ether oxygens (including phenoxy) is 1. The van der Waals surface area contributed by atoms with Crippen molar-refractivity contribution in [2.75, 3.05) is 19.0 Å². The zero-order valence-corrected chi connectivity index (χ0v) is 16.6. The quantitative estimate of drug-likeness (QED) is 0.282. The van der Waals surface area contributed by atoms with E-state index >= 15 is 0 Å². The minimum atomic E-state index is -0.786. The van der Waals surface area contributed by atoms with Gasteiger partial charge >= 0.3 is 5.97 Å². The third-order valence-electron chi connectivity index (χ3n) is 4.68.